The molecule has 3 aromatic rings. The summed E-state index contributed by atoms with van der Waals surface area (Å²) in [4.78, 5) is 15.2. The van der Waals surface area contributed by atoms with Crippen LogP contribution in [-0.2, 0) is 9.53 Å². The molecule has 4 rings (SSSR count). The van der Waals surface area contributed by atoms with Crippen LogP contribution < -0.4 is 4.90 Å². The molecule has 0 aliphatic carbocycles. The molecule has 0 unspecified atom stereocenters. The van der Waals surface area contributed by atoms with Gasteiger partial charge in [-0.2, -0.15) is 0 Å². The summed E-state index contributed by atoms with van der Waals surface area (Å²) in [6.45, 7) is 1.84. The lowest BCUT2D eigenvalue weighted by Crippen LogP contribution is -2.40. The van der Waals surface area contributed by atoms with E-state index in [2.05, 4.69) is 0 Å². The van der Waals surface area contributed by atoms with E-state index in [0.29, 0.717) is 16.4 Å². The Hall–Kier alpha value is -3.04. The number of rotatable bonds is 3. The molecule has 134 valence electrons. The maximum Gasteiger partial charge on any atom is 0.265 e. The van der Waals surface area contributed by atoms with Crippen LogP contribution in [0.2, 0.25) is 5.02 Å². The molecule has 0 aromatic heterocycles. The zero-order chi connectivity index (χ0) is 18.8. The third-order valence-corrected chi connectivity index (χ3v) is 4.81. The minimum absolute atomic E-state index is 0.0962. The SMILES string of the molecule is CC1=C(c2ccccc2)C(=O)N(c2ccc(Cl)cc2)[C@H](c2ccccc2)O1. The van der Waals surface area contributed by atoms with E-state index < -0.39 is 6.23 Å². The number of nitrogens with zero attached hydrogens (tertiary/aromatic N) is 1. The molecule has 0 saturated carbocycles. The van der Waals surface area contributed by atoms with Crippen molar-refractivity contribution in [2.45, 2.75) is 13.2 Å². The summed E-state index contributed by atoms with van der Waals surface area (Å²) in [5.74, 6) is 0.520. The number of carbonyl (C=O) groups is 1. The summed E-state index contributed by atoms with van der Waals surface area (Å²) in [5.41, 5.74) is 3.05. The van der Waals surface area contributed by atoms with Crippen molar-refractivity contribution in [2.75, 3.05) is 4.90 Å². The van der Waals surface area contributed by atoms with Gasteiger partial charge < -0.3 is 4.74 Å². The maximum absolute atomic E-state index is 13.6. The van der Waals surface area contributed by atoms with E-state index in [4.69, 9.17) is 16.3 Å². The summed E-state index contributed by atoms with van der Waals surface area (Å²) < 4.78 is 6.26. The number of halogens is 1. The van der Waals surface area contributed by atoms with Gasteiger partial charge in [0, 0.05) is 16.3 Å². The first-order chi connectivity index (χ1) is 13.1. The molecule has 0 bridgehead atoms. The molecule has 4 heteroatoms. The molecular weight excluding hydrogens is 358 g/mol. The quantitative estimate of drug-likeness (QED) is 0.576. The highest BCUT2D eigenvalue weighted by Gasteiger charge is 2.37. The van der Waals surface area contributed by atoms with Crippen LogP contribution in [0.15, 0.2) is 90.7 Å². The van der Waals surface area contributed by atoms with Crippen molar-refractivity contribution in [1.29, 1.82) is 0 Å². The number of carbonyl (C=O) groups excluding carboxylic acids is 1. The van der Waals surface area contributed by atoms with Gasteiger partial charge in [0.2, 0.25) is 6.23 Å². The summed E-state index contributed by atoms with van der Waals surface area (Å²) in [6.07, 6.45) is -0.535. The molecule has 1 aliphatic heterocycles. The molecule has 1 atom stereocenters. The van der Waals surface area contributed by atoms with Crippen molar-refractivity contribution in [3.05, 3.63) is 107 Å². The summed E-state index contributed by atoms with van der Waals surface area (Å²) >= 11 is 6.04. The third-order valence-electron chi connectivity index (χ3n) is 4.56. The Kier molecular flexibility index (Phi) is 4.69. The topological polar surface area (TPSA) is 29.5 Å². The normalized spacial score (nSPS) is 17.0. The van der Waals surface area contributed by atoms with E-state index in [1.54, 1.807) is 17.0 Å². The van der Waals surface area contributed by atoms with E-state index in [9.17, 15) is 4.79 Å². The van der Waals surface area contributed by atoms with Crippen LogP contribution in [0.1, 0.15) is 24.3 Å². The monoisotopic (exact) mass is 375 g/mol. The molecule has 1 aliphatic rings. The van der Waals surface area contributed by atoms with Gasteiger partial charge in [0.1, 0.15) is 5.76 Å². The van der Waals surface area contributed by atoms with Crippen molar-refractivity contribution in [2.24, 2.45) is 0 Å². The molecule has 3 nitrogen and oxygen atoms in total. The van der Waals surface area contributed by atoms with Gasteiger partial charge in [-0.15, -0.1) is 0 Å². The van der Waals surface area contributed by atoms with Gasteiger partial charge in [-0.05, 0) is 36.8 Å². The van der Waals surface area contributed by atoms with Crippen LogP contribution in [0, 0.1) is 0 Å². The number of hydrogen-bond donors (Lipinski definition) is 0. The molecule has 0 N–H and O–H groups in total. The predicted octanol–water partition coefficient (Wildman–Crippen LogP) is 5.83. The fourth-order valence-electron chi connectivity index (χ4n) is 3.28. The van der Waals surface area contributed by atoms with Gasteiger partial charge in [-0.1, -0.05) is 72.3 Å². The molecule has 0 spiro atoms. The molecule has 0 radical (unpaired) electrons. The van der Waals surface area contributed by atoms with E-state index >= 15 is 0 Å². The Morgan fingerprint density at radius 1 is 0.852 bits per heavy atom. The fraction of sp³-hybridized carbons (Fsp3) is 0.0870. The molecule has 0 fully saturated rings. The van der Waals surface area contributed by atoms with E-state index in [1.165, 1.54) is 0 Å². The van der Waals surface area contributed by atoms with Crippen molar-refractivity contribution in [3.8, 4) is 0 Å². The summed E-state index contributed by atoms with van der Waals surface area (Å²) in [7, 11) is 0. The van der Waals surface area contributed by atoms with Gasteiger partial charge in [-0.3, -0.25) is 9.69 Å². The second kappa shape index (κ2) is 7.29. The largest absolute Gasteiger partial charge is 0.470 e. The minimum atomic E-state index is -0.535. The Bertz CT molecular complexity index is 982. The number of amides is 1. The Labute approximate surface area is 163 Å². The molecular formula is C23H18ClNO2. The maximum atomic E-state index is 13.6. The average Bonchev–Trinajstić information content (AvgIpc) is 2.70. The zero-order valence-electron chi connectivity index (χ0n) is 14.8. The van der Waals surface area contributed by atoms with Crippen LogP contribution >= 0.6 is 11.6 Å². The van der Waals surface area contributed by atoms with E-state index in [0.717, 1.165) is 16.8 Å². The predicted molar refractivity (Wildman–Crippen MR) is 108 cm³/mol. The lowest BCUT2D eigenvalue weighted by atomic mass is 10.00. The Morgan fingerprint density at radius 2 is 1.44 bits per heavy atom. The van der Waals surface area contributed by atoms with Crippen molar-refractivity contribution in [3.63, 3.8) is 0 Å². The van der Waals surface area contributed by atoms with Gasteiger partial charge in [0.05, 0.1) is 5.57 Å². The minimum Gasteiger partial charge on any atom is -0.470 e. The van der Waals surface area contributed by atoms with E-state index in [1.807, 2.05) is 79.7 Å². The van der Waals surface area contributed by atoms with Gasteiger partial charge in [0.15, 0.2) is 0 Å². The van der Waals surface area contributed by atoms with E-state index in [-0.39, 0.29) is 5.91 Å². The van der Waals surface area contributed by atoms with Crippen LogP contribution in [0.4, 0.5) is 5.69 Å². The van der Waals surface area contributed by atoms with Crippen molar-refractivity contribution >= 4 is 28.8 Å². The van der Waals surface area contributed by atoms with Crippen LogP contribution in [0.3, 0.4) is 0 Å². The molecule has 1 amide bonds. The number of anilines is 1. The first-order valence-electron chi connectivity index (χ1n) is 8.72. The van der Waals surface area contributed by atoms with Gasteiger partial charge in [-0.25, -0.2) is 0 Å². The second-order valence-corrected chi connectivity index (χ2v) is 6.77. The van der Waals surface area contributed by atoms with Gasteiger partial charge in [0.25, 0.3) is 5.91 Å². The number of ether oxygens (including phenoxy) is 1. The Morgan fingerprint density at radius 3 is 2.07 bits per heavy atom. The van der Waals surface area contributed by atoms with Crippen molar-refractivity contribution in [1.82, 2.24) is 0 Å². The van der Waals surface area contributed by atoms with Crippen LogP contribution in [-0.4, -0.2) is 5.91 Å². The standard InChI is InChI=1S/C23H18ClNO2/c1-16-21(17-8-4-2-5-9-17)22(26)25(20-14-12-19(24)13-15-20)23(27-16)18-10-6-3-7-11-18/h2-15,23H,1H3/t23-/m0/s1. The fourth-order valence-corrected chi connectivity index (χ4v) is 3.40. The molecule has 1 heterocycles. The highest BCUT2D eigenvalue weighted by atomic mass is 35.5. The number of hydrogen-bond acceptors (Lipinski definition) is 2. The van der Waals surface area contributed by atoms with Crippen molar-refractivity contribution < 1.29 is 9.53 Å². The zero-order valence-corrected chi connectivity index (χ0v) is 15.6. The number of benzene rings is 3. The van der Waals surface area contributed by atoms with Crippen LogP contribution in [0.5, 0.6) is 0 Å². The third kappa shape index (κ3) is 3.34. The first-order valence-corrected chi connectivity index (χ1v) is 9.10. The summed E-state index contributed by atoms with van der Waals surface area (Å²) in [6, 6.07) is 26.6. The number of allylic oxidation sites excluding steroid dienone is 1. The van der Waals surface area contributed by atoms with Crippen LogP contribution in [0.25, 0.3) is 5.57 Å². The average molecular weight is 376 g/mol. The summed E-state index contributed by atoms with van der Waals surface area (Å²) in [5, 5.41) is 0.621. The molecule has 3 aromatic carbocycles. The Balaban J connectivity index is 1.86. The second-order valence-electron chi connectivity index (χ2n) is 6.33. The molecule has 0 saturated heterocycles. The van der Waals surface area contributed by atoms with Gasteiger partial charge >= 0.3 is 0 Å². The highest BCUT2D eigenvalue weighted by Crippen LogP contribution is 2.39. The molecule has 27 heavy (non-hydrogen) atoms. The lowest BCUT2D eigenvalue weighted by Gasteiger charge is -2.37. The smallest absolute Gasteiger partial charge is 0.265 e. The lowest BCUT2D eigenvalue weighted by molar-refractivity contribution is -0.117. The first kappa shape index (κ1) is 17.4. The highest BCUT2D eigenvalue weighted by molar-refractivity contribution is 6.31.